The number of nitrogens with zero attached hydrogens (tertiary/aromatic N) is 2. The van der Waals surface area contributed by atoms with Gasteiger partial charge >= 0.3 is 11.9 Å². The minimum atomic E-state index is -4.57. The number of nitrogens with one attached hydrogen (secondary N) is 1. The Bertz CT molecular complexity index is 857. The molecule has 0 atom stereocenters. The van der Waals surface area contributed by atoms with E-state index < -0.39 is 17.4 Å². The van der Waals surface area contributed by atoms with Crippen LogP contribution in [-0.4, -0.2) is 15.0 Å². The fourth-order valence-electron chi connectivity index (χ4n) is 2.14. The monoisotopic (exact) mass is 291 g/mol. The van der Waals surface area contributed by atoms with E-state index in [1.165, 1.54) is 24.5 Å². The molecule has 0 saturated carbocycles. The minimum absolute atomic E-state index is 0.232. The van der Waals surface area contributed by atoms with Gasteiger partial charge in [0.1, 0.15) is 0 Å². The zero-order chi connectivity index (χ0) is 15.0. The Hall–Kier alpha value is -2.70. The highest BCUT2D eigenvalue weighted by molar-refractivity contribution is 5.93. The van der Waals surface area contributed by atoms with Crippen molar-refractivity contribution in [1.29, 1.82) is 0 Å². The quantitative estimate of drug-likeness (QED) is 0.749. The Morgan fingerprint density at radius 3 is 2.43 bits per heavy atom. The summed E-state index contributed by atoms with van der Waals surface area (Å²) in [7, 11) is 0. The second kappa shape index (κ2) is 4.69. The van der Waals surface area contributed by atoms with E-state index in [-0.39, 0.29) is 10.9 Å². The summed E-state index contributed by atoms with van der Waals surface area (Å²) in [6.07, 6.45) is -1.59. The molecule has 21 heavy (non-hydrogen) atoms. The van der Waals surface area contributed by atoms with Crippen LogP contribution in [0.1, 0.15) is 5.56 Å². The van der Waals surface area contributed by atoms with Gasteiger partial charge in [-0.25, -0.2) is 4.79 Å². The van der Waals surface area contributed by atoms with E-state index in [2.05, 4.69) is 15.0 Å². The third kappa shape index (κ3) is 2.37. The first-order chi connectivity index (χ1) is 9.97. The molecule has 0 radical (unpaired) electrons. The summed E-state index contributed by atoms with van der Waals surface area (Å²) in [5.41, 5.74) is -1.26. The summed E-state index contributed by atoms with van der Waals surface area (Å²) in [6.45, 7) is 0. The molecule has 0 aliphatic rings. The minimum Gasteiger partial charge on any atom is -0.305 e. The number of rotatable bonds is 1. The number of aromatic amines is 1. The predicted molar refractivity (Wildman–Crippen MR) is 70.6 cm³/mol. The fraction of sp³-hybridized carbons (Fsp3) is 0.0714. The van der Waals surface area contributed by atoms with E-state index in [0.717, 1.165) is 6.07 Å². The maximum atomic E-state index is 13.0. The van der Waals surface area contributed by atoms with Crippen LogP contribution in [0, 0.1) is 0 Å². The number of hydrogen-bond donors (Lipinski definition) is 1. The zero-order valence-corrected chi connectivity index (χ0v) is 10.5. The van der Waals surface area contributed by atoms with Gasteiger partial charge in [-0.2, -0.15) is 18.2 Å². The van der Waals surface area contributed by atoms with Crippen LogP contribution < -0.4 is 5.69 Å². The number of halogens is 3. The molecule has 1 N–H and O–H groups in total. The molecular formula is C14H8F3N3O. The number of hydrogen-bond acceptors (Lipinski definition) is 3. The topological polar surface area (TPSA) is 58.6 Å². The second-order valence-corrected chi connectivity index (χ2v) is 4.35. The van der Waals surface area contributed by atoms with Crippen molar-refractivity contribution in [2.45, 2.75) is 6.18 Å². The van der Waals surface area contributed by atoms with Gasteiger partial charge in [-0.15, -0.1) is 0 Å². The van der Waals surface area contributed by atoms with E-state index in [1.54, 1.807) is 12.1 Å². The lowest BCUT2D eigenvalue weighted by Crippen LogP contribution is -2.15. The number of para-hydroxylation sites is 1. The van der Waals surface area contributed by atoms with Crippen molar-refractivity contribution in [2.75, 3.05) is 0 Å². The number of pyridine rings is 1. The van der Waals surface area contributed by atoms with Crippen LogP contribution in [0.4, 0.5) is 13.2 Å². The van der Waals surface area contributed by atoms with Gasteiger partial charge in [-0.3, -0.25) is 4.98 Å². The summed E-state index contributed by atoms with van der Waals surface area (Å²) in [6, 6.07) is 6.89. The third-order valence-corrected chi connectivity index (χ3v) is 3.03. The number of aromatic nitrogens is 3. The summed E-state index contributed by atoms with van der Waals surface area (Å²) < 4.78 is 39.1. The van der Waals surface area contributed by atoms with E-state index in [1.807, 2.05) is 0 Å². The van der Waals surface area contributed by atoms with Gasteiger partial charge in [0.2, 0.25) is 0 Å². The maximum absolute atomic E-state index is 13.0. The lowest BCUT2D eigenvalue weighted by atomic mass is 10.0. The van der Waals surface area contributed by atoms with Gasteiger partial charge < -0.3 is 4.98 Å². The third-order valence-electron chi connectivity index (χ3n) is 3.03. The van der Waals surface area contributed by atoms with Gasteiger partial charge in [0.05, 0.1) is 16.8 Å². The van der Waals surface area contributed by atoms with Crippen LogP contribution >= 0.6 is 0 Å². The number of benzene rings is 1. The second-order valence-electron chi connectivity index (χ2n) is 4.35. The number of H-pyrrole nitrogens is 1. The molecule has 2 aromatic heterocycles. The molecule has 4 nitrogen and oxygen atoms in total. The molecule has 0 fully saturated rings. The molecule has 0 spiro atoms. The lowest BCUT2D eigenvalue weighted by molar-refractivity contribution is -0.136. The van der Waals surface area contributed by atoms with Crippen LogP contribution in [0.2, 0.25) is 0 Å². The van der Waals surface area contributed by atoms with Crippen LogP contribution in [0.25, 0.3) is 22.2 Å². The van der Waals surface area contributed by atoms with Crippen molar-refractivity contribution in [2.24, 2.45) is 0 Å². The summed E-state index contributed by atoms with van der Waals surface area (Å²) in [5.74, 6) is 0. The average Bonchev–Trinajstić information content (AvgIpc) is 2.45. The first kappa shape index (κ1) is 13.3. The van der Waals surface area contributed by atoms with Gasteiger partial charge in [-0.05, 0) is 18.2 Å². The molecule has 3 rings (SSSR count). The lowest BCUT2D eigenvalue weighted by Gasteiger charge is -2.11. The Kier molecular flexibility index (Phi) is 2.97. The molecule has 0 amide bonds. The highest BCUT2D eigenvalue weighted by Crippen LogP contribution is 2.35. The zero-order valence-electron chi connectivity index (χ0n) is 10.5. The molecule has 1 aromatic carbocycles. The standard InChI is InChI=1S/C14H8F3N3O/c15-14(16,17)10-3-1-2-9-11(8-4-6-18-7-5-8)19-13(21)20-12(9)10/h1-7H,(H,19,20,21). The molecule has 0 unspecified atom stereocenters. The summed E-state index contributed by atoms with van der Waals surface area (Å²) >= 11 is 0. The van der Waals surface area contributed by atoms with Gasteiger partial charge in [-0.1, -0.05) is 12.1 Å². The molecule has 0 aliphatic carbocycles. The molecule has 7 heteroatoms. The van der Waals surface area contributed by atoms with Gasteiger partial charge in [0.25, 0.3) is 0 Å². The van der Waals surface area contributed by atoms with Gasteiger partial charge in [0.15, 0.2) is 0 Å². The largest absolute Gasteiger partial charge is 0.418 e. The Labute approximate surface area is 116 Å². The van der Waals surface area contributed by atoms with Crippen molar-refractivity contribution in [1.82, 2.24) is 15.0 Å². The molecule has 106 valence electrons. The van der Waals surface area contributed by atoms with Crippen molar-refractivity contribution in [3.05, 3.63) is 58.8 Å². The SMILES string of the molecule is O=c1nc2c(C(F)(F)F)cccc2c(-c2ccncc2)[nH]1. The highest BCUT2D eigenvalue weighted by Gasteiger charge is 2.33. The van der Waals surface area contributed by atoms with Crippen LogP contribution in [0.5, 0.6) is 0 Å². The first-order valence-electron chi connectivity index (χ1n) is 5.97. The van der Waals surface area contributed by atoms with E-state index in [4.69, 9.17) is 0 Å². The summed E-state index contributed by atoms with van der Waals surface area (Å²) in [4.78, 5) is 21.4. The van der Waals surface area contributed by atoms with Gasteiger partial charge in [0, 0.05) is 23.3 Å². The van der Waals surface area contributed by atoms with Crippen molar-refractivity contribution in [3.8, 4) is 11.3 Å². The Morgan fingerprint density at radius 1 is 1.05 bits per heavy atom. The maximum Gasteiger partial charge on any atom is 0.418 e. The van der Waals surface area contributed by atoms with Crippen LogP contribution in [0.3, 0.4) is 0 Å². The van der Waals surface area contributed by atoms with Crippen molar-refractivity contribution >= 4 is 10.9 Å². The molecule has 0 saturated heterocycles. The Balaban J connectivity index is 2.41. The predicted octanol–water partition coefficient (Wildman–Crippen LogP) is 3.00. The van der Waals surface area contributed by atoms with Crippen LogP contribution in [-0.2, 0) is 6.18 Å². The first-order valence-corrected chi connectivity index (χ1v) is 5.97. The average molecular weight is 291 g/mol. The normalized spacial score (nSPS) is 11.8. The molecule has 3 aromatic rings. The highest BCUT2D eigenvalue weighted by atomic mass is 19.4. The molecule has 2 heterocycles. The number of fused-ring (bicyclic) bond motifs is 1. The Morgan fingerprint density at radius 2 is 1.76 bits per heavy atom. The number of alkyl halides is 3. The molecule has 0 bridgehead atoms. The summed E-state index contributed by atoms with van der Waals surface area (Å²) in [5, 5.41) is 0.232. The molecular weight excluding hydrogens is 283 g/mol. The van der Waals surface area contributed by atoms with Crippen molar-refractivity contribution in [3.63, 3.8) is 0 Å². The van der Waals surface area contributed by atoms with Crippen LogP contribution in [0.15, 0.2) is 47.5 Å². The van der Waals surface area contributed by atoms with E-state index >= 15 is 0 Å². The smallest absolute Gasteiger partial charge is 0.305 e. The fourth-order valence-corrected chi connectivity index (χ4v) is 2.14. The van der Waals surface area contributed by atoms with E-state index in [9.17, 15) is 18.0 Å². The van der Waals surface area contributed by atoms with E-state index in [0.29, 0.717) is 11.3 Å². The van der Waals surface area contributed by atoms with Crippen molar-refractivity contribution < 1.29 is 13.2 Å². The molecule has 0 aliphatic heterocycles.